The lowest BCUT2D eigenvalue weighted by molar-refractivity contribution is -0.157. The van der Waals surface area contributed by atoms with Gasteiger partial charge in [-0.05, 0) is 38.7 Å². The van der Waals surface area contributed by atoms with Gasteiger partial charge in [-0.25, -0.2) is 4.79 Å². The Labute approximate surface area is 143 Å². The summed E-state index contributed by atoms with van der Waals surface area (Å²) >= 11 is 1.16. The highest BCUT2D eigenvalue weighted by Crippen LogP contribution is 2.16. The third-order valence-corrected chi connectivity index (χ3v) is 3.76. The molecular formula is C18H27NO3S. The number of carbonyl (C=O) groups is 2. The molecule has 0 aliphatic carbocycles. The Hall–Kier alpha value is -1.49. The van der Waals surface area contributed by atoms with Crippen molar-refractivity contribution in [1.29, 1.82) is 0 Å². The van der Waals surface area contributed by atoms with E-state index in [9.17, 15) is 9.59 Å². The molecule has 0 bridgehead atoms. The summed E-state index contributed by atoms with van der Waals surface area (Å²) in [7, 11) is 0. The van der Waals surface area contributed by atoms with E-state index in [0.717, 1.165) is 17.3 Å². The van der Waals surface area contributed by atoms with Crippen LogP contribution in [0.4, 0.5) is 4.79 Å². The molecule has 1 N–H and O–H groups in total. The molecule has 1 amide bonds. The molecule has 0 fully saturated rings. The SMILES string of the molecule is CC(C)C[C@H](NC(=O)SCc1ccccc1)C(=O)OC(C)(C)C. The summed E-state index contributed by atoms with van der Waals surface area (Å²) in [5, 5.41) is 2.59. The van der Waals surface area contributed by atoms with Crippen LogP contribution in [0.2, 0.25) is 0 Å². The predicted molar refractivity (Wildman–Crippen MR) is 95.4 cm³/mol. The fraction of sp³-hybridized carbons (Fsp3) is 0.556. The molecular weight excluding hydrogens is 310 g/mol. The predicted octanol–water partition coefficient (Wildman–Crippen LogP) is 4.39. The topological polar surface area (TPSA) is 55.4 Å². The first-order valence-corrected chi connectivity index (χ1v) is 8.86. The second-order valence-corrected chi connectivity index (χ2v) is 7.87. The van der Waals surface area contributed by atoms with Crippen molar-refractivity contribution < 1.29 is 14.3 Å². The van der Waals surface area contributed by atoms with E-state index in [1.807, 2.05) is 65.0 Å². The van der Waals surface area contributed by atoms with Crippen molar-refractivity contribution in [2.45, 2.75) is 58.4 Å². The minimum absolute atomic E-state index is 0.203. The molecule has 5 heteroatoms. The standard InChI is InChI=1S/C18H27NO3S/c1-13(2)11-15(16(20)22-18(3,4)5)19-17(21)23-12-14-9-7-6-8-10-14/h6-10,13,15H,11-12H2,1-5H3,(H,19,21)/t15-/m0/s1. The first-order chi connectivity index (χ1) is 10.7. The van der Waals surface area contributed by atoms with Crippen LogP contribution in [0.3, 0.4) is 0 Å². The number of hydrogen-bond donors (Lipinski definition) is 1. The number of rotatable bonds is 6. The molecule has 0 saturated carbocycles. The molecule has 1 aromatic carbocycles. The summed E-state index contributed by atoms with van der Waals surface area (Å²) in [6.45, 7) is 9.50. The molecule has 0 aliphatic heterocycles. The van der Waals surface area contributed by atoms with Gasteiger partial charge in [-0.2, -0.15) is 0 Å². The molecule has 0 aliphatic rings. The molecule has 1 atom stereocenters. The minimum atomic E-state index is -0.606. The lowest BCUT2D eigenvalue weighted by Crippen LogP contribution is -2.43. The van der Waals surface area contributed by atoms with Crippen LogP contribution in [0.25, 0.3) is 0 Å². The first-order valence-electron chi connectivity index (χ1n) is 7.87. The lowest BCUT2D eigenvalue weighted by Gasteiger charge is -2.25. The molecule has 0 saturated heterocycles. The molecule has 4 nitrogen and oxygen atoms in total. The van der Waals surface area contributed by atoms with Gasteiger partial charge in [0, 0.05) is 5.75 Å². The van der Waals surface area contributed by atoms with Gasteiger partial charge >= 0.3 is 5.97 Å². The van der Waals surface area contributed by atoms with E-state index >= 15 is 0 Å². The third kappa shape index (κ3) is 8.65. The molecule has 1 rings (SSSR count). The van der Waals surface area contributed by atoms with Crippen molar-refractivity contribution in [2.24, 2.45) is 5.92 Å². The van der Waals surface area contributed by atoms with Crippen LogP contribution in [-0.2, 0) is 15.3 Å². The zero-order valence-corrected chi connectivity index (χ0v) is 15.4. The highest BCUT2D eigenvalue weighted by atomic mass is 32.2. The fourth-order valence-electron chi connectivity index (χ4n) is 1.97. The van der Waals surface area contributed by atoms with Crippen molar-refractivity contribution in [1.82, 2.24) is 5.32 Å². The van der Waals surface area contributed by atoms with Gasteiger partial charge in [0.2, 0.25) is 0 Å². The Balaban J connectivity index is 2.58. The maximum absolute atomic E-state index is 12.3. The average Bonchev–Trinajstić information content (AvgIpc) is 2.43. The van der Waals surface area contributed by atoms with Crippen molar-refractivity contribution in [3.05, 3.63) is 35.9 Å². The molecule has 0 heterocycles. The first kappa shape index (κ1) is 19.6. The van der Waals surface area contributed by atoms with Crippen LogP contribution in [0.15, 0.2) is 30.3 Å². The summed E-state index contributed by atoms with van der Waals surface area (Å²) in [6.07, 6.45) is 0.562. The Morgan fingerprint density at radius 2 is 1.78 bits per heavy atom. The second-order valence-electron chi connectivity index (χ2n) is 6.92. The number of benzene rings is 1. The van der Waals surface area contributed by atoms with Gasteiger partial charge in [-0.15, -0.1) is 0 Å². The number of nitrogens with one attached hydrogen (secondary N) is 1. The van der Waals surface area contributed by atoms with Gasteiger partial charge in [-0.3, -0.25) is 4.79 Å². The summed E-state index contributed by atoms with van der Waals surface area (Å²) < 4.78 is 5.40. The van der Waals surface area contributed by atoms with Gasteiger partial charge in [-0.1, -0.05) is 55.9 Å². The summed E-state index contributed by atoms with van der Waals surface area (Å²) in [5.41, 5.74) is 0.513. The van der Waals surface area contributed by atoms with Gasteiger partial charge < -0.3 is 10.1 Å². The van der Waals surface area contributed by atoms with E-state index in [2.05, 4.69) is 5.32 Å². The van der Waals surface area contributed by atoms with Crippen molar-refractivity contribution in [2.75, 3.05) is 0 Å². The van der Waals surface area contributed by atoms with Gasteiger partial charge in [0.25, 0.3) is 5.24 Å². The Kier molecular flexibility index (Phi) is 7.62. The molecule has 0 radical (unpaired) electrons. The van der Waals surface area contributed by atoms with Crippen LogP contribution in [-0.4, -0.2) is 22.9 Å². The smallest absolute Gasteiger partial charge is 0.329 e. The van der Waals surface area contributed by atoms with Crippen molar-refractivity contribution in [3.63, 3.8) is 0 Å². The maximum atomic E-state index is 12.3. The number of ether oxygens (including phenoxy) is 1. The molecule has 0 aromatic heterocycles. The van der Waals surface area contributed by atoms with E-state index < -0.39 is 11.6 Å². The third-order valence-electron chi connectivity index (χ3n) is 2.90. The van der Waals surface area contributed by atoms with E-state index in [1.54, 1.807) is 0 Å². The largest absolute Gasteiger partial charge is 0.458 e. The fourth-order valence-corrected chi connectivity index (χ4v) is 2.68. The highest BCUT2D eigenvalue weighted by molar-refractivity contribution is 8.12. The monoisotopic (exact) mass is 337 g/mol. The highest BCUT2D eigenvalue weighted by Gasteiger charge is 2.27. The van der Waals surface area contributed by atoms with Crippen LogP contribution in [0.1, 0.15) is 46.6 Å². The van der Waals surface area contributed by atoms with E-state index in [0.29, 0.717) is 12.2 Å². The lowest BCUT2D eigenvalue weighted by atomic mass is 10.0. The molecule has 0 unspecified atom stereocenters. The minimum Gasteiger partial charge on any atom is -0.458 e. The Bertz CT molecular complexity index is 509. The number of carbonyl (C=O) groups excluding carboxylic acids is 2. The quantitative estimate of drug-likeness (QED) is 0.782. The van der Waals surface area contributed by atoms with Gasteiger partial charge in [0.05, 0.1) is 0 Å². The number of thioether (sulfide) groups is 1. The normalized spacial score (nSPS) is 12.8. The van der Waals surface area contributed by atoms with Crippen LogP contribution >= 0.6 is 11.8 Å². The van der Waals surface area contributed by atoms with E-state index in [-0.39, 0.29) is 17.1 Å². The zero-order valence-electron chi connectivity index (χ0n) is 14.6. The molecule has 1 aromatic rings. The zero-order chi connectivity index (χ0) is 17.5. The average molecular weight is 337 g/mol. The van der Waals surface area contributed by atoms with Gasteiger partial charge in [0.1, 0.15) is 11.6 Å². The summed E-state index contributed by atoms with van der Waals surface area (Å²) in [4.78, 5) is 24.4. The summed E-state index contributed by atoms with van der Waals surface area (Å²) in [5.74, 6) is 0.488. The van der Waals surface area contributed by atoms with E-state index in [1.165, 1.54) is 0 Å². The van der Waals surface area contributed by atoms with Crippen molar-refractivity contribution in [3.8, 4) is 0 Å². The summed E-state index contributed by atoms with van der Waals surface area (Å²) in [6, 6.07) is 9.16. The number of amides is 1. The Morgan fingerprint density at radius 1 is 1.17 bits per heavy atom. The maximum Gasteiger partial charge on any atom is 0.329 e. The van der Waals surface area contributed by atoms with Crippen LogP contribution in [0, 0.1) is 5.92 Å². The number of hydrogen-bond acceptors (Lipinski definition) is 4. The number of esters is 1. The van der Waals surface area contributed by atoms with Crippen LogP contribution < -0.4 is 5.32 Å². The van der Waals surface area contributed by atoms with Gasteiger partial charge in [0.15, 0.2) is 0 Å². The van der Waals surface area contributed by atoms with Crippen LogP contribution in [0.5, 0.6) is 0 Å². The molecule has 23 heavy (non-hydrogen) atoms. The molecule has 128 valence electrons. The Morgan fingerprint density at radius 3 is 2.30 bits per heavy atom. The van der Waals surface area contributed by atoms with E-state index in [4.69, 9.17) is 4.74 Å². The van der Waals surface area contributed by atoms with Crippen molar-refractivity contribution >= 4 is 23.0 Å². The second kappa shape index (κ2) is 8.96. The molecule has 0 spiro atoms.